The minimum absolute atomic E-state index is 0.00960. The largest absolute Gasteiger partial charge is 0.433 e. The first-order chi connectivity index (χ1) is 9.80. The topological polar surface area (TPSA) is 38.3 Å². The summed E-state index contributed by atoms with van der Waals surface area (Å²) < 4.78 is 45.8. The van der Waals surface area contributed by atoms with Gasteiger partial charge in [0.05, 0.1) is 0 Å². The summed E-state index contributed by atoms with van der Waals surface area (Å²) in [7, 11) is 0. The van der Waals surface area contributed by atoms with Gasteiger partial charge in [-0.25, -0.2) is 0 Å². The fourth-order valence-electron chi connectivity index (χ4n) is 1.98. The van der Waals surface area contributed by atoms with Gasteiger partial charge in [0.2, 0.25) is 5.91 Å². The second-order valence-electron chi connectivity index (χ2n) is 4.36. The Kier molecular flexibility index (Phi) is 4.17. The average molecular weight is 318 g/mol. The Morgan fingerprint density at radius 1 is 1.48 bits per heavy atom. The van der Waals surface area contributed by atoms with Crippen LogP contribution in [0.2, 0.25) is 5.02 Å². The zero-order valence-electron chi connectivity index (χ0n) is 11.0. The number of fused-ring (bicyclic) bond motifs is 1. The van der Waals surface area contributed by atoms with Gasteiger partial charge in [-0.3, -0.25) is 4.79 Å². The Hall–Kier alpha value is -1.71. The minimum atomic E-state index is -4.82. The summed E-state index contributed by atoms with van der Waals surface area (Å²) >= 11 is 5.79. The molecule has 7 heteroatoms. The highest BCUT2D eigenvalue weighted by atomic mass is 35.5. The number of rotatable bonds is 0. The van der Waals surface area contributed by atoms with Gasteiger partial charge in [0.25, 0.3) is 5.60 Å². The van der Waals surface area contributed by atoms with E-state index in [1.807, 2.05) is 0 Å². The molecular weight excluding hydrogens is 307 g/mol. The molecule has 3 nitrogen and oxygen atoms in total. The summed E-state index contributed by atoms with van der Waals surface area (Å²) in [6.07, 6.45) is -4.60. The first-order valence-electron chi connectivity index (χ1n) is 6.11. The number of hydrogen-bond acceptors (Lipinski definition) is 2. The highest BCUT2D eigenvalue weighted by Gasteiger charge is 2.59. The zero-order chi connectivity index (χ0) is 15.7. The van der Waals surface area contributed by atoms with Gasteiger partial charge < -0.3 is 10.1 Å². The number of carbonyl (C=O) groups excluding carboxylic acids is 1. The fourth-order valence-corrected chi connectivity index (χ4v) is 2.15. The number of nitrogens with one attached hydrogen (secondary N) is 1. The van der Waals surface area contributed by atoms with Gasteiger partial charge >= 0.3 is 6.18 Å². The molecule has 0 radical (unpaired) electrons. The van der Waals surface area contributed by atoms with Gasteiger partial charge in [0.1, 0.15) is 6.61 Å². The summed E-state index contributed by atoms with van der Waals surface area (Å²) in [6.45, 7) is 0.875. The predicted molar refractivity (Wildman–Crippen MR) is 71.8 cm³/mol. The molecular formula is C14H11ClF3NO2. The van der Waals surface area contributed by atoms with Crippen LogP contribution in [0.25, 0.3) is 0 Å². The van der Waals surface area contributed by atoms with Crippen molar-refractivity contribution in [2.24, 2.45) is 0 Å². The maximum atomic E-state index is 13.6. The van der Waals surface area contributed by atoms with Gasteiger partial charge in [-0.15, -0.1) is 0 Å². The highest BCUT2D eigenvalue weighted by Crippen LogP contribution is 2.46. The second-order valence-corrected chi connectivity index (χ2v) is 4.80. The molecule has 1 atom stereocenters. The molecule has 0 aromatic heterocycles. The molecule has 1 aliphatic heterocycles. The third-order valence-electron chi connectivity index (χ3n) is 2.90. The van der Waals surface area contributed by atoms with Crippen molar-refractivity contribution < 1.29 is 22.7 Å². The van der Waals surface area contributed by atoms with Crippen molar-refractivity contribution in [2.75, 3.05) is 11.9 Å². The summed E-state index contributed by atoms with van der Waals surface area (Å²) in [5, 5.41) is 2.46. The first kappa shape index (κ1) is 15.7. The van der Waals surface area contributed by atoms with Crippen molar-refractivity contribution >= 4 is 23.2 Å². The lowest BCUT2D eigenvalue weighted by atomic mass is 9.91. The standard InChI is InChI=1S/C14H11ClF3NO2/c1-2-3-6-13(14(16,17)18)10-7-9(15)4-5-11(10)19-12(20)8-21-13/h4-5,7H,2,8H2,1H3,(H,19,20). The normalized spacial score (nSPS) is 21.7. The van der Waals surface area contributed by atoms with E-state index >= 15 is 0 Å². The van der Waals surface area contributed by atoms with Crippen LogP contribution in [0, 0.1) is 11.8 Å². The van der Waals surface area contributed by atoms with E-state index in [4.69, 9.17) is 16.3 Å². The molecule has 1 amide bonds. The van der Waals surface area contributed by atoms with Crippen molar-refractivity contribution in [1.82, 2.24) is 0 Å². The Morgan fingerprint density at radius 2 is 2.19 bits per heavy atom. The number of benzene rings is 1. The van der Waals surface area contributed by atoms with Crippen LogP contribution in [-0.2, 0) is 15.1 Å². The van der Waals surface area contributed by atoms with Gasteiger partial charge in [0, 0.05) is 22.7 Å². The van der Waals surface area contributed by atoms with Crippen molar-refractivity contribution in [1.29, 1.82) is 0 Å². The second kappa shape index (κ2) is 5.58. The first-order valence-corrected chi connectivity index (χ1v) is 6.48. The van der Waals surface area contributed by atoms with Crippen LogP contribution in [0.1, 0.15) is 18.9 Å². The molecule has 1 heterocycles. The molecule has 112 valence electrons. The lowest BCUT2D eigenvalue weighted by Gasteiger charge is -2.30. The van der Waals surface area contributed by atoms with E-state index in [0.717, 1.165) is 6.07 Å². The predicted octanol–water partition coefficient (Wildman–Crippen LogP) is 3.48. The molecule has 1 N–H and O–H groups in total. The molecule has 0 spiro atoms. The Bertz CT molecular complexity index is 633. The monoisotopic (exact) mass is 317 g/mol. The van der Waals surface area contributed by atoms with E-state index in [9.17, 15) is 18.0 Å². The fraction of sp³-hybridized carbons (Fsp3) is 0.357. The van der Waals surface area contributed by atoms with E-state index in [2.05, 4.69) is 17.2 Å². The van der Waals surface area contributed by atoms with E-state index < -0.39 is 24.3 Å². The van der Waals surface area contributed by atoms with E-state index in [1.165, 1.54) is 12.1 Å². The number of halogens is 4. The number of ether oxygens (including phenoxy) is 1. The smallest absolute Gasteiger partial charge is 0.340 e. The van der Waals surface area contributed by atoms with Crippen LogP contribution in [0.5, 0.6) is 0 Å². The quantitative estimate of drug-likeness (QED) is 0.744. The van der Waals surface area contributed by atoms with Gasteiger partial charge in [-0.2, -0.15) is 13.2 Å². The molecule has 0 saturated carbocycles. The van der Waals surface area contributed by atoms with Crippen LogP contribution in [0.3, 0.4) is 0 Å². The van der Waals surface area contributed by atoms with Crippen LogP contribution < -0.4 is 5.32 Å². The summed E-state index contributed by atoms with van der Waals surface area (Å²) in [6, 6.07) is 3.80. The van der Waals surface area contributed by atoms with Crippen LogP contribution >= 0.6 is 11.6 Å². The molecule has 1 unspecified atom stereocenters. The molecule has 0 saturated heterocycles. The lowest BCUT2D eigenvalue weighted by molar-refractivity contribution is -0.256. The summed E-state index contributed by atoms with van der Waals surface area (Å²) in [5.41, 5.74) is -3.19. The van der Waals surface area contributed by atoms with Crippen molar-refractivity contribution in [3.05, 3.63) is 28.8 Å². The third-order valence-corrected chi connectivity index (χ3v) is 3.13. The molecule has 21 heavy (non-hydrogen) atoms. The van der Waals surface area contributed by atoms with Crippen LogP contribution in [-0.4, -0.2) is 18.7 Å². The maximum Gasteiger partial charge on any atom is 0.433 e. The Labute approximate surface area is 124 Å². The van der Waals surface area contributed by atoms with Gasteiger partial charge in [-0.05, 0) is 18.2 Å². The molecule has 0 bridgehead atoms. The number of carbonyl (C=O) groups is 1. The van der Waals surface area contributed by atoms with Gasteiger partial charge in [-0.1, -0.05) is 30.4 Å². The molecule has 0 aliphatic carbocycles. The minimum Gasteiger partial charge on any atom is -0.340 e. The molecule has 1 aliphatic rings. The Morgan fingerprint density at radius 3 is 2.81 bits per heavy atom. The van der Waals surface area contributed by atoms with E-state index in [-0.39, 0.29) is 22.7 Å². The molecule has 1 aromatic rings. The zero-order valence-corrected chi connectivity index (χ0v) is 11.7. The maximum absolute atomic E-state index is 13.6. The number of alkyl halides is 3. The average Bonchev–Trinajstić information content (AvgIpc) is 2.53. The van der Waals surface area contributed by atoms with Gasteiger partial charge in [0.15, 0.2) is 0 Å². The summed E-state index contributed by atoms with van der Waals surface area (Å²) in [4.78, 5) is 11.5. The van der Waals surface area contributed by atoms with Crippen molar-refractivity contribution in [2.45, 2.75) is 25.1 Å². The lowest BCUT2D eigenvalue weighted by Crippen LogP contribution is -2.44. The van der Waals surface area contributed by atoms with Crippen LogP contribution in [0.4, 0.5) is 18.9 Å². The molecule has 0 fully saturated rings. The molecule has 2 rings (SSSR count). The highest BCUT2D eigenvalue weighted by molar-refractivity contribution is 6.30. The SMILES string of the molecule is CCC#CC1(C(F)(F)F)OCC(=O)Nc2ccc(Cl)cc21. The third kappa shape index (κ3) is 2.85. The summed E-state index contributed by atoms with van der Waals surface area (Å²) in [5.74, 6) is 3.83. The number of amides is 1. The van der Waals surface area contributed by atoms with Crippen molar-refractivity contribution in [3.63, 3.8) is 0 Å². The molecule has 1 aromatic carbocycles. The number of hydrogen-bond donors (Lipinski definition) is 1. The van der Waals surface area contributed by atoms with E-state index in [0.29, 0.717) is 0 Å². The number of anilines is 1. The van der Waals surface area contributed by atoms with Crippen LogP contribution in [0.15, 0.2) is 18.2 Å². The van der Waals surface area contributed by atoms with E-state index in [1.54, 1.807) is 6.92 Å². The van der Waals surface area contributed by atoms with Crippen molar-refractivity contribution in [3.8, 4) is 11.8 Å². The Balaban J connectivity index is 2.75.